The van der Waals surface area contributed by atoms with Gasteiger partial charge in [-0.05, 0) is 37.1 Å². The molecule has 0 radical (unpaired) electrons. The van der Waals surface area contributed by atoms with E-state index in [1.807, 2.05) is 6.07 Å². The zero-order chi connectivity index (χ0) is 14.8. The lowest BCUT2D eigenvalue weighted by Gasteiger charge is -2.18. The molecule has 0 spiro atoms. The van der Waals surface area contributed by atoms with E-state index in [0.29, 0.717) is 6.04 Å². The maximum atomic E-state index is 13.1. The molecule has 1 rings (SSSR count). The van der Waals surface area contributed by atoms with Crippen molar-refractivity contribution in [3.63, 3.8) is 0 Å². The number of rotatable bonds is 10. The smallest absolute Gasteiger partial charge is 0.124 e. The lowest BCUT2D eigenvalue weighted by molar-refractivity contribution is 0.460. The van der Waals surface area contributed by atoms with Gasteiger partial charge in [-0.2, -0.15) is 0 Å². The molecule has 0 bridgehead atoms. The summed E-state index contributed by atoms with van der Waals surface area (Å²) in [4.78, 5) is 0. The molecular formula is C17H27BrFN. The fraction of sp³-hybridized carbons (Fsp3) is 0.647. The van der Waals surface area contributed by atoms with E-state index < -0.39 is 0 Å². The topological polar surface area (TPSA) is 12.0 Å². The van der Waals surface area contributed by atoms with E-state index in [0.717, 1.165) is 17.4 Å². The highest BCUT2D eigenvalue weighted by molar-refractivity contribution is 9.10. The van der Waals surface area contributed by atoms with Gasteiger partial charge in [0.1, 0.15) is 5.82 Å². The molecule has 0 heterocycles. The highest BCUT2D eigenvalue weighted by Gasteiger charge is 2.11. The van der Waals surface area contributed by atoms with Gasteiger partial charge in [-0.1, -0.05) is 67.9 Å². The second kappa shape index (κ2) is 10.3. The second-order valence-corrected chi connectivity index (χ2v) is 6.25. The molecule has 0 fully saturated rings. The minimum Gasteiger partial charge on any atom is -0.314 e. The SMILES string of the molecule is CCCCCCCC(Cc1ccc(F)cc1Br)NCC. The number of hydrogen-bond acceptors (Lipinski definition) is 1. The highest BCUT2D eigenvalue weighted by atomic mass is 79.9. The largest absolute Gasteiger partial charge is 0.314 e. The lowest BCUT2D eigenvalue weighted by atomic mass is 9.99. The Morgan fingerprint density at radius 1 is 1.15 bits per heavy atom. The fourth-order valence-electron chi connectivity index (χ4n) is 2.51. The maximum absolute atomic E-state index is 13.1. The van der Waals surface area contributed by atoms with E-state index in [1.165, 1.54) is 44.1 Å². The van der Waals surface area contributed by atoms with Crippen LogP contribution >= 0.6 is 15.9 Å². The van der Waals surface area contributed by atoms with Crippen molar-refractivity contribution in [2.45, 2.75) is 64.8 Å². The number of halogens is 2. The van der Waals surface area contributed by atoms with Gasteiger partial charge in [-0.25, -0.2) is 4.39 Å². The molecule has 114 valence electrons. The van der Waals surface area contributed by atoms with E-state index in [1.54, 1.807) is 12.1 Å². The Morgan fingerprint density at radius 3 is 2.55 bits per heavy atom. The number of unbranched alkanes of at least 4 members (excludes halogenated alkanes) is 4. The molecule has 1 aromatic rings. The van der Waals surface area contributed by atoms with Crippen LogP contribution in [0.1, 0.15) is 57.9 Å². The van der Waals surface area contributed by atoms with Crippen molar-refractivity contribution < 1.29 is 4.39 Å². The summed E-state index contributed by atoms with van der Waals surface area (Å²) in [6.45, 7) is 5.37. The second-order valence-electron chi connectivity index (χ2n) is 5.40. The summed E-state index contributed by atoms with van der Waals surface area (Å²) < 4.78 is 14.0. The third-order valence-corrected chi connectivity index (χ3v) is 4.37. The van der Waals surface area contributed by atoms with Crippen LogP contribution in [0, 0.1) is 5.82 Å². The first-order chi connectivity index (χ1) is 9.67. The normalized spacial score (nSPS) is 12.6. The Labute approximate surface area is 131 Å². The van der Waals surface area contributed by atoms with Crippen molar-refractivity contribution in [3.05, 3.63) is 34.1 Å². The van der Waals surface area contributed by atoms with Gasteiger partial charge in [0.05, 0.1) is 0 Å². The van der Waals surface area contributed by atoms with Crippen LogP contribution in [0.15, 0.2) is 22.7 Å². The number of benzene rings is 1. The van der Waals surface area contributed by atoms with Crippen molar-refractivity contribution in [2.75, 3.05) is 6.54 Å². The van der Waals surface area contributed by atoms with Gasteiger partial charge >= 0.3 is 0 Å². The summed E-state index contributed by atoms with van der Waals surface area (Å²) in [6, 6.07) is 5.48. The van der Waals surface area contributed by atoms with Gasteiger partial charge < -0.3 is 5.32 Å². The summed E-state index contributed by atoms with van der Waals surface area (Å²) in [6.07, 6.45) is 8.73. The van der Waals surface area contributed by atoms with Gasteiger partial charge in [0.25, 0.3) is 0 Å². The minimum atomic E-state index is -0.180. The molecule has 3 heteroatoms. The molecule has 0 aliphatic heterocycles. The standard InChI is InChI=1S/C17H27BrFN/c1-3-5-6-7-8-9-16(20-4-2)12-14-10-11-15(19)13-17(14)18/h10-11,13,16,20H,3-9,12H2,1-2H3. The molecule has 0 aromatic heterocycles. The average Bonchev–Trinajstić information content (AvgIpc) is 2.41. The highest BCUT2D eigenvalue weighted by Crippen LogP contribution is 2.21. The monoisotopic (exact) mass is 343 g/mol. The first-order valence-corrected chi connectivity index (χ1v) is 8.64. The first kappa shape index (κ1) is 17.6. The van der Waals surface area contributed by atoms with Crippen molar-refractivity contribution >= 4 is 15.9 Å². The van der Waals surface area contributed by atoms with Gasteiger partial charge in [0, 0.05) is 10.5 Å². The Kier molecular flexibility index (Phi) is 9.12. The molecule has 1 atom stereocenters. The maximum Gasteiger partial charge on any atom is 0.124 e. The van der Waals surface area contributed by atoms with E-state index in [2.05, 4.69) is 35.1 Å². The molecule has 0 saturated heterocycles. The molecule has 0 aliphatic rings. The lowest BCUT2D eigenvalue weighted by Crippen LogP contribution is -2.31. The van der Waals surface area contributed by atoms with Crippen LogP contribution < -0.4 is 5.32 Å². The first-order valence-electron chi connectivity index (χ1n) is 7.84. The zero-order valence-electron chi connectivity index (χ0n) is 12.7. The van der Waals surface area contributed by atoms with Crippen LogP contribution in [0.25, 0.3) is 0 Å². The Balaban J connectivity index is 2.45. The molecule has 0 saturated carbocycles. The molecule has 0 aliphatic carbocycles. The van der Waals surface area contributed by atoms with Gasteiger partial charge in [0.2, 0.25) is 0 Å². The van der Waals surface area contributed by atoms with Crippen LogP contribution in [-0.2, 0) is 6.42 Å². The summed E-state index contributed by atoms with van der Waals surface area (Å²) in [5.41, 5.74) is 1.19. The Morgan fingerprint density at radius 2 is 1.90 bits per heavy atom. The number of nitrogens with one attached hydrogen (secondary N) is 1. The predicted molar refractivity (Wildman–Crippen MR) is 88.6 cm³/mol. The van der Waals surface area contributed by atoms with E-state index >= 15 is 0 Å². The zero-order valence-corrected chi connectivity index (χ0v) is 14.3. The van der Waals surface area contributed by atoms with Crippen molar-refractivity contribution in [2.24, 2.45) is 0 Å². The summed E-state index contributed by atoms with van der Waals surface area (Å²) in [5.74, 6) is -0.180. The van der Waals surface area contributed by atoms with Gasteiger partial charge in [-0.3, -0.25) is 0 Å². The van der Waals surface area contributed by atoms with Gasteiger partial charge in [0.15, 0.2) is 0 Å². The van der Waals surface area contributed by atoms with Crippen LogP contribution in [0.3, 0.4) is 0 Å². The van der Waals surface area contributed by atoms with Crippen molar-refractivity contribution in [3.8, 4) is 0 Å². The fourth-order valence-corrected chi connectivity index (χ4v) is 3.02. The van der Waals surface area contributed by atoms with Crippen LogP contribution in [0.2, 0.25) is 0 Å². The molecule has 20 heavy (non-hydrogen) atoms. The minimum absolute atomic E-state index is 0.180. The van der Waals surface area contributed by atoms with Crippen molar-refractivity contribution in [1.82, 2.24) is 5.32 Å². The van der Waals surface area contributed by atoms with E-state index in [4.69, 9.17) is 0 Å². The Bertz CT molecular complexity index is 381. The number of likely N-dealkylation sites (N-methyl/N-ethyl adjacent to an activating group) is 1. The third kappa shape index (κ3) is 6.85. The van der Waals surface area contributed by atoms with Crippen LogP contribution in [0.5, 0.6) is 0 Å². The summed E-state index contributed by atoms with van der Waals surface area (Å²) in [7, 11) is 0. The molecule has 0 amide bonds. The molecule has 1 nitrogen and oxygen atoms in total. The molecule has 1 N–H and O–H groups in total. The molecule has 1 aromatic carbocycles. The van der Waals surface area contributed by atoms with Crippen molar-refractivity contribution in [1.29, 1.82) is 0 Å². The van der Waals surface area contributed by atoms with Gasteiger partial charge in [-0.15, -0.1) is 0 Å². The quantitative estimate of drug-likeness (QED) is 0.555. The molecule has 1 unspecified atom stereocenters. The predicted octanol–water partition coefficient (Wildman–Crippen LogP) is 5.47. The van der Waals surface area contributed by atoms with E-state index in [9.17, 15) is 4.39 Å². The number of hydrogen-bond donors (Lipinski definition) is 1. The van der Waals surface area contributed by atoms with Crippen LogP contribution in [-0.4, -0.2) is 12.6 Å². The summed E-state index contributed by atoms with van der Waals surface area (Å²) in [5, 5.41) is 3.55. The Hall–Kier alpha value is -0.410. The average molecular weight is 344 g/mol. The van der Waals surface area contributed by atoms with Crippen LogP contribution in [0.4, 0.5) is 4.39 Å². The molecular weight excluding hydrogens is 317 g/mol. The third-order valence-electron chi connectivity index (χ3n) is 3.63. The summed E-state index contributed by atoms with van der Waals surface area (Å²) >= 11 is 3.46. The van der Waals surface area contributed by atoms with E-state index in [-0.39, 0.29) is 5.82 Å².